The number of rotatable bonds is 2. The number of nitrogens with zero attached hydrogens (tertiary/aromatic N) is 3. The summed E-state index contributed by atoms with van der Waals surface area (Å²) in [6.07, 6.45) is 1.22. The smallest absolute Gasteiger partial charge is 0.269 e. The lowest BCUT2D eigenvalue weighted by molar-refractivity contribution is -0.384. The summed E-state index contributed by atoms with van der Waals surface area (Å²) < 4.78 is 0. The van der Waals surface area contributed by atoms with Crippen LogP contribution in [0.25, 0.3) is 0 Å². The van der Waals surface area contributed by atoms with Gasteiger partial charge in [-0.25, -0.2) is 0 Å². The first-order valence-corrected chi connectivity index (χ1v) is 5.86. The third kappa shape index (κ3) is 1.67. The van der Waals surface area contributed by atoms with E-state index in [1.54, 1.807) is 12.1 Å². The highest BCUT2D eigenvalue weighted by Crippen LogP contribution is 2.34. The van der Waals surface area contributed by atoms with Crippen molar-refractivity contribution in [2.75, 3.05) is 25.0 Å². The molecule has 3 rings (SSSR count). The van der Waals surface area contributed by atoms with Gasteiger partial charge in [0.05, 0.1) is 4.92 Å². The topological polar surface area (TPSA) is 49.6 Å². The number of nitro groups is 1. The molecule has 0 spiro atoms. The maximum atomic E-state index is 10.6. The van der Waals surface area contributed by atoms with Crippen molar-refractivity contribution in [3.8, 4) is 0 Å². The Kier molecular flexibility index (Phi) is 2.29. The van der Waals surface area contributed by atoms with Gasteiger partial charge in [-0.3, -0.25) is 15.0 Å². The van der Waals surface area contributed by atoms with E-state index in [1.807, 2.05) is 12.1 Å². The Balaban J connectivity index is 1.80. The predicted molar refractivity (Wildman–Crippen MR) is 65.3 cm³/mol. The average Bonchev–Trinajstić information content (AvgIpc) is 2.87. The number of anilines is 1. The molecule has 2 bridgehead atoms. The van der Waals surface area contributed by atoms with Gasteiger partial charge in [-0.15, -0.1) is 0 Å². The van der Waals surface area contributed by atoms with Crippen molar-refractivity contribution >= 4 is 11.4 Å². The van der Waals surface area contributed by atoms with Crippen LogP contribution in [-0.2, 0) is 0 Å². The Bertz CT molecular complexity index is 444. The molecular formula is C12H15N3O2. The van der Waals surface area contributed by atoms with Gasteiger partial charge in [0.2, 0.25) is 0 Å². The van der Waals surface area contributed by atoms with Crippen LogP contribution >= 0.6 is 0 Å². The number of piperazine rings is 1. The van der Waals surface area contributed by atoms with Gasteiger partial charge in [-0.1, -0.05) is 0 Å². The molecule has 5 heteroatoms. The molecule has 0 radical (unpaired) electrons. The molecule has 90 valence electrons. The van der Waals surface area contributed by atoms with Crippen LogP contribution in [0.15, 0.2) is 24.3 Å². The number of hydrogen-bond acceptors (Lipinski definition) is 4. The fraction of sp³-hybridized carbons (Fsp3) is 0.500. The molecule has 1 aromatic rings. The van der Waals surface area contributed by atoms with Gasteiger partial charge >= 0.3 is 0 Å². The molecule has 1 aromatic carbocycles. The highest BCUT2D eigenvalue weighted by atomic mass is 16.6. The van der Waals surface area contributed by atoms with Crippen molar-refractivity contribution < 1.29 is 4.92 Å². The highest BCUT2D eigenvalue weighted by Gasteiger charge is 2.41. The second-order valence-corrected chi connectivity index (χ2v) is 4.91. The van der Waals surface area contributed by atoms with Gasteiger partial charge in [-0.2, -0.15) is 0 Å². The Hall–Kier alpha value is -1.62. The zero-order valence-corrected chi connectivity index (χ0v) is 9.74. The molecule has 0 aromatic heterocycles. The lowest BCUT2D eigenvalue weighted by atomic mass is 10.2. The van der Waals surface area contributed by atoms with Gasteiger partial charge in [0.15, 0.2) is 0 Å². The van der Waals surface area contributed by atoms with E-state index in [0.717, 1.165) is 18.8 Å². The number of likely N-dealkylation sites (N-methyl/N-ethyl adjacent to an activating group) is 1. The predicted octanol–water partition coefficient (Wildman–Crippen LogP) is 1.49. The molecule has 17 heavy (non-hydrogen) atoms. The fourth-order valence-electron chi connectivity index (χ4n) is 2.95. The molecule has 0 aliphatic carbocycles. The summed E-state index contributed by atoms with van der Waals surface area (Å²) in [6, 6.07) is 8.12. The van der Waals surface area contributed by atoms with Crippen molar-refractivity contribution in [3.63, 3.8) is 0 Å². The van der Waals surface area contributed by atoms with E-state index in [9.17, 15) is 10.1 Å². The van der Waals surface area contributed by atoms with Gasteiger partial charge < -0.3 is 4.90 Å². The first kappa shape index (κ1) is 10.5. The molecule has 2 atom stereocenters. The molecule has 5 nitrogen and oxygen atoms in total. The minimum atomic E-state index is -0.353. The third-order valence-electron chi connectivity index (χ3n) is 3.91. The molecule has 1 unspecified atom stereocenters. The molecule has 2 aliphatic heterocycles. The SMILES string of the molecule is CN1CC2C[C@H]1CN2c1ccc([N+](=O)[O-])cc1. The van der Waals surface area contributed by atoms with Crippen LogP contribution in [-0.4, -0.2) is 42.0 Å². The number of benzene rings is 1. The first-order valence-electron chi connectivity index (χ1n) is 5.86. The first-order chi connectivity index (χ1) is 8.15. The van der Waals surface area contributed by atoms with Gasteiger partial charge in [-0.05, 0) is 25.6 Å². The van der Waals surface area contributed by atoms with Crippen LogP contribution < -0.4 is 4.90 Å². The summed E-state index contributed by atoms with van der Waals surface area (Å²) in [5.74, 6) is 0. The Labute approximate surface area is 99.8 Å². The largest absolute Gasteiger partial charge is 0.366 e. The minimum Gasteiger partial charge on any atom is -0.366 e. The summed E-state index contributed by atoms with van der Waals surface area (Å²) >= 11 is 0. The van der Waals surface area contributed by atoms with Crippen LogP contribution in [0, 0.1) is 10.1 Å². The van der Waals surface area contributed by atoms with E-state index < -0.39 is 0 Å². The van der Waals surface area contributed by atoms with Crippen molar-refractivity contribution in [2.45, 2.75) is 18.5 Å². The molecule has 2 saturated heterocycles. The third-order valence-corrected chi connectivity index (χ3v) is 3.91. The molecule has 2 heterocycles. The maximum absolute atomic E-state index is 10.6. The van der Waals surface area contributed by atoms with Crippen molar-refractivity contribution in [1.82, 2.24) is 4.90 Å². The van der Waals surface area contributed by atoms with Crippen LogP contribution in [0.4, 0.5) is 11.4 Å². The lowest BCUT2D eigenvalue weighted by Crippen LogP contribution is -2.44. The number of fused-ring (bicyclic) bond motifs is 2. The maximum Gasteiger partial charge on any atom is 0.269 e. The fourth-order valence-corrected chi connectivity index (χ4v) is 2.95. The van der Waals surface area contributed by atoms with Crippen LogP contribution in [0.2, 0.25) is 0 Å². The van der Waals surface area contributed by atoms with Gasteiger partial charge in [0, 0.05) is 43.0 Å². The Morgan fingerprint density at radius 1 is 1.24 bits per heavy atom. The number of hydrogen-bond donors (Lipinski definition) is 0. The van der Waals surface area contributed by atoms with E-state index in [0.29, 0.717) is 12.1 Å². The minimum absolute atomic E-state index is 0.162. The summed E-state index contributed by atoms with van der Waals surface area (Å²) in [4.78, 5) is 15.0. The second kappa shape index (κ2) is 3.70. The standard InChI is InChI=1S/C12H15N3O2/c1-13-7-12-6-11(13)8-14(12)9-2-4-10(5-3-9)15(16)17/h2-5,11-12H,6-8H2,1H3/t11-,12?/m0/s1. The zero-order valence-electron chi connectivity index (χ0n) is 9.74. The number of nitro benzene ring substituents is 1. The van der Waals surface area contributed by atoms with Gasteiger partial charge in [0.25, 0.3) is 5.69 Å². The highest BCUT2D eigenvalue weighted by molar-refractivity contribution is 5.53. The number of likely N-dealkylation sites (tertiary alicyclic amines) is 1. The van der Waals surface area contributed by atoms with E-state index in [2.05, 4.69) is 16.8 Å². The summed E-state index contributed by atoms with van der Waals surface area (Å²) in [7, 11) is 2.16. The summed E-state index contributed by atoms with van der Waals surface area (Å²) in [6.45, 7) is 2.14. The van der Waals surface area contributed by atoms with E-state index >= 15 is 0 Å². The normalized spacial score (nSPS) is 27.7. The quantitative estimate of drug-likeness (QED) is 0.573. The van der Waals surface area contributed by atoms with Crippen LogP contribution in [0.1, 0.15) is 6.42 Å². The van der Waals surface area contributed by atoms with Crippen LogP contribution in [0.3, 0.4) is 0 Å². The van der Waals surface area contributed by atoms with Crippen LogP contribution in [0.5, 0.6) is 0 Å². The summed E-state index contributed by atoms with van der Waals surface area (Å²) in [5, 5.41) is 10.6. The monoisotopic (exact) mass is 233 g/mol. The Morgan fingerprint density at radius 3 is 2.41 bits per heavy atom. The molecule has 2 fully saturated rings. The van der Waals surface area contributed by atoms with Crippen molar-refractivity contribution in [2.24, 2.45) is 0 Å². The molecule has 0 amide bonds. The molecule has 0 N–H and O–H groups in total. The van der Waals surface area contributed by atoms with E-state index in [1.165, 1.54) is 6.42 Å². The Morgan fingerprint density at radius 2 is 1.94 bits per heavy atom. The molecule has 2 aliphatic rings. The summed E-state index contributed by atoms with van der Waals surface area (Å²) in [5.41, 5.74) is 1.27. The van der Waals surface area contributed by atoms with Gasteiger partial charge in [0.1, 0.15) is 0 Å². The lowest BCUT2D eigenvalue weighted by Gasteiger charge is -2.33. The van der Waals surface area contributed by atoms with E-state index in [4.69, 9.17) is 0 Å². The van der Waals surface area contributed by atoms with Crippen molar-refractivity contribution in [3.05, 3.63) is 34.4 Å². The second-order valence-electron chi connectivity index (χ2n) is 4.91. The zero-order chi connectivity index (χ0) is 12.0. The number of non-ortho nitro benzene ring substituents is 1. The van der Waals surface area contributed by atoms with E-state index in [-0.39, 0.29) is 10.6 Å². The average molecular weight is 233 g/mol. The molecule has 0 saturated carbocycles. The molecular weight excluding hydrogens is 218 g/mol. The van der Waals surface area contributed by atoms with Crippen molar-refractivity contribution in [1.29, 1.82) is 0 Å².